The quantitative estimate of drug-likeness (QED) is 0.214. The van der Waals surface area contributed by atoms with Crippen LogP contribution in [0, 0.1) is 0 Å². The van der Waals surface area contributed by atoms with E-state index in [-0.39, 0.29) is 35.9 Å². The van der Waals surface area contributed by atoms with Gasteiger partial charge in [-0.3, -0.25) is 0 Å². The first-order valence-electron chi connectivity index (χ1n) is 14.0. The van der Waals surface area contributed by atoms with E-state index in [1.807, 2.05) is 24.3 Å². The molecule has 0 heterocycles. The number of aromatic carboxylic acids is 2. The molecular weight excluding hydrogens is 547 g/mol. The van der Waals surface area contributed by atoms with E-state index in [9.17, 15) is 19.8 Å². The van der Waals surface area contributed by atoms with Crippen LogP contribution >= 0.6 is 24.8 Å². The summed E-state index contributed by atoms with van der Waals surface area (Å²) in [5.74, 6) is -2.37. The van der Waals surface area contributed by atoms with Crippen molar-refractivity contribution in [3.8, 4) is 22.3 Å². The zero-order chi connectivity index (χ0) is 27.4. The van der Waals surface area contributed by atoms with Crippen LogP contribution in [0.4, 0.5) is 0 Å². The highest BCUT2D eigenvalue weighted by molar-refractivity contribution is 6.21. The lowest BCUT2D eigenvalue weighted by atomic mass is 9.84. The van der Waals surface area contributed by atoms with Gasteiger partial charge in [0.25, 0.3) is 0 Å². The van der Waals surface area contributed by atoms with Crippen molar-refractivity contribution in [2.24, 2.45) is 0 Å². The van der Waals surface area contributed by atoms with Crippen LogP contribution in [0.2, 0.25) is 0 Å². The maximum absolute atomic E-state index is 12.7. The van der Waals surface area contributed by atoms with Crippen LogP contribution in [0.15, 0.2) is 36.4 Å². The fraction of sp³-hybridized carbons (Fsp3) is 0.438. The van der Waals surface area contributed by atoms with Gasteiger partial charge in [-0.05, 0) is 121 Å². The van der Waals surface area contributed by atoms with Crippen molar-refractivity contribution in [2.45, 2.75) is 53.4 Å². The number of carbonyl (C=O) groups excluding carboxylic acids is 2. The summed E-state index contributed by atoms with van der Waals surface area (Å²) in [4.78, 5) is 29.1. The molecule has 0 amide bonds. The Bertz CT molecular complexity index is 1350. The monoisotopic (exact) mass is 586 g/mol. The number of rotatable bonds is 14. The van der Waals surface area contributed by atoms with E-state index < -0.39 is 11.9 Å². The van der Waals surface area contributed by atoms with Gasteiger partial charge in [-0.25, -0.2) is 0 Å². The number of nitrogens with zero attached hydrogens (tertiary/aromatic N) is 2. The Labute approximate surface area is 250 Å². The molecule has 4 rings (SSSR count). The van der Waals surface area contributed by atoms with Gasteiger partial charge in [-0.1, -0.05) is 58.0 Å². The van der Waals surface area contributed by atoms with Gasteiger partial charge in [0.2, 0.25) is 0 Å². The smallest absolute Gasteiger partial charge is 0.0724 e. The summed E-state index contributed by atoms with van der Waals surface area (Å²) in [5, 5.41) is 25.9. The van der Waals surface area contributed by atoms with E-state index >= 15 is 0 Å². The van der Waals surface area contributed by atoms with Crippen LogP contribution in [0.5, 0.6) is 0 Å². The SMILES string of the molecule is CCN(CC)CCCc1c(CCCN(CC)CC)c2c3c(cccc3c1C(=O)[O-])-c1cc(C(=O)[O-])ccc1-2.Cl.Cl. The van der Waals surface area contributed by atoms with Gasteiger partial charge in [0, 0.05) is 5.56 Å². The number of carboxylic acid groups (broad SMARTS) is 2. The number of carboxylic acids is 2. The first-order valence-corrected chi connectivity index (χ1v) is 14.0. The number of benzene rings is 3. The summed E-state index contributed by atoms with van der Waals surface area (Å²) >= 11 is 0. The largest absolute Gasteiger partial charge is 0.545 e. The molecule has 40 heavy (non-hydrogen) atoms. The second kappa shape index (κ2) is 14.8. The first-order chi connectivity index (χ1) is 18.4. The van der Waals surface area contributed by atoms with Crippen molar-refractivity contribution in [1.82, 2.24) is 9.80 Å². The summed E-state index contributed by atoms with van der Waals surface area (Å²) in [6, 6.07) is 10.8. The standard InChI is InChI=1S/C32H40N2O4.2ClH/c1-5-33(6-2)18-10-14-22-23(15-11-19-34(7-3)8-4)30(32(37)38)26-13-9-12-24-27-20-21(31(35)36)16-17-25(27)28(22)29(24)26;;/h9,12-13,16-17,20H,5-8,10-11,14-15,18-19H2,1-4H3,(H,35,36)(H,37,38);2*1H/p-2. The second-order valence-corrected chi connectivity index (χ2v) is 10.0. The van der Waals surface area contributed by atoms with Crippen molar-refractivity contribution < 1.29 is 19.8 Å². The predicted octanol–water partition coefficient (Wildman–Crippen LogP) is 4.61. The molecule has 0 bridgehead atoms. The molecule has 3 aromatic rings. The minimum Gasteiger partial charge on any atom is -0.545 e. The van der Waals surface area contributed by atoms with Crippen LogP contribution in [0.1, 0.15) is 72.4 Å². The van der Waals surface area contributed by atoms with Crippen LogP contribution in [0.25, 0.3) is 33.0 Å². The fourth-order valence-corrected chi connectivity index (χ4v) is 6.10. The highest BCUT2D eigenvalue weighted by atomic mass is 35.5. The van der Waals surface area contributed by atoms with E-state index in [0.717, 1.165) is 97.3 Å². The number of hydrogen-bond donors (Lipinski definition) is 0. The van der Waals surface area contributed by atoms with Crippen molar-refractivity contribution in [2.75, 3.05) is 39.3 Å². The lowest BCUT2D eigenvalue weighted by molar-refractivity contribution is -0.256. The zero-order valence-electron chi connectivity index (χ0n) is 23.9. The third-order valence-corrected chi connectivity index (χ3v) is 8.16. The Morgan fingerprint density at radius 1 is 0.700 bits per heavy atom. The van der Waals surface area contributed by atoms with Crippen LogP contribution in [-0.4, -0.2) is 61.0 Å². The van der Waals surface area contributed by atoms with Crippen molar-refractivity contribution in [3.63, 3.8) is 0 Å². The molecule has 0 saturated heterocycles. The summed E-state index contributed by atoms with van der Waals surface area (Å²) in [5.41, 5.74) is 6.06. The van der Waals surface area contributed by atoms with E-state index in [1.165, 1.54) is 0 Å². The molecule has 3 aromatic carbocycles. The topological polar surface area (TPSA) is 86.7 Å². The third-order valence-electron chi connectivity index (χ3n) is 8.16. The number of carbonyl (C=O) groups is 2. The van der Waals surface area contributed by atoms with E-state index in [0.29, 0.717) is 11.8 Å². The Morgan fingerprint density at radius 3 is 1.80 bits per heavy atom. The fourth-order valence-electron chi connectivity index (χ4n) is 6.10. The van der Waals surface area contributed by atoms with Crippen LogP contribution in [0.3, 0.4) is 0 Å². The average Bonchev–Trinajstić information content (AvgIpc) is 3.25. The summed E-state index contributed by atoms with van der Waals surface area (Å²) in [7, 11) is 0. The molecule has 0 N–H and O–H groups in total. The molecule has 1 aliphatic rings. The van der Waals surface area contributed by atoms with Gasteiger partial charge in [0.15, 0.2) is 0 Å². The molecule has 0 saturated carbocycles. The average molecular weight is 588 g/mol. The third kappa shape index (κ3) is 6.46. The van der Waals surface area contributed by atoms with Gasteiger partial charge in [-0.2, -0.15) is 0 Å². The molecule has 0 aromatic heterocycles. The lowest BCUT2D eigenvalue weighted by Gasteiger charge is -2.24. The van der Waals surface area contributed by atoms with Crippen molar-refractivity contribution in [3.05, 3.63) is 58.7 Å². The van der Waals surface area contributed by atoms with Gasteiger partial charge in [0.1, 0.15) is 0 Å². The molecule has 218 valence electrons. The molecule has 0 radical (unpaired) electrons. The normalized spacial score (nSPS) is 11.4. The van der Waals surface area contributed by atoms with E-state index in [1.54, 1.807) is 12.1 Å². The van der Waals surface area contributed by atoms with Crippen LogP contribution in [-0.2, 0) is 12.8 Å². The van der Waals surface area contributed by atoms with Gasteiger partial charge in [-0.15, -0.1) is 24.8 Å². The van der Waals surface area contributed by atoms with Crippen LogP contribution < -0.4 is 10.2 Å². The first kappa shape index (κ1) is 33.6. The lowest BCUT2D eigenvalue weighted by Crippen LogP contribution is -2.27. The van der Waals surface area contributed by atoms with E-state index in [4.69, 9.17) is 0 Å². The molecule has 0 spiro atoms. The maximum atomic E-state index is 12.7. The molecule has 0 atom stereocenters. The molecular formula is C32H40Cl2N2O4-2. The maximum Gasteiger partial charge on any atom is 0.0724 e. The predicted molar refractivity (Wildman–Crippen MR) is 164 cm³/mol. The van der Waals surface area contributed by atoms with Gasteiger partial charge < -0.3 is 29.6 Å². The Balaban J connectivity index is 0.00000280. The highest BCUT2D eigenvalue weighted by Gasteiger charge is 2.29. The molecule has 0 aliphatic heterocycles. The Hall–Kier alpha value is -2.64. The van der Waals surface area contributed by atoms with Gasteiger partial charge >= 0.3 is 0 Å². The Morgan fingerprint density at radius 2 is 1.27 bits per heavy atom. The summed E-state index contributed by atoms with van der Waals surface area (Å²) in [6.45, 7) is 14.3. The Kier molecular flexibility index (Phi) is 12.4. The number of hydrogen-bond acceptors (Lipinski definition) is 6. The highest BCUT2D eigenvalue weighted by Crippen LogP contribution is 2.51. The molecule has 1 aliphatic carbocycles. The second-order valence-electron chi connectivity index (χ2n) is 10.0. The minimum atomic E-state index is -1.22. The van der Waals surface area contributed by atoms with Crippen molar-refractivity contribution >= 4 is 47.5 Å². The van der Waals surface area contributed by atoms with E-state index in [2.05, 4.69) is 37.5 Å². The zero-order valence-corrected chi connectivity index (χ0v) is 25.5. The number of halogens is 2. The number of fused-ring (bicyclic) bond motifs is 3. The molecule has 0 unspecified atom stereocenters. The summed E-state index contributed by atoms with van der Waals surface area (Å²) in [6.07, 6.45) is 3.16. The minimum absolute atomic E-state index is 0. The molecule has 6 nitrogen and oxygen atoms in total. The molecule has 0 fully saturated rings. The summed E-state index contributed by atoms with van der Waals surface area (Å²) < 4.78 is 0. The van der Waals surface area contributed by atoms with Gasteiger partial charge in [0.05, 0.1) is 11.9 Å². The van der Waals surface area contributed by atoms with Crippen molar-refractivity contribution in [1.29, 1.82) is 0 Å². The molecule has 8 heteroatoms.